The molecule has 1 aliphatic carbocycles. The number of likely N-dealkylation sites (tertiary alicyclic amines) is 1. The second kappa shape index (κ2) is 11.4. The molecule has 0 unspecified atom stereocenters. The highest BCUT2D eigenvalue weighted by atomic mass is 16.6. The van der Waals surface area contributed by atoms with Gasteiger partial charge in [-0.05, 0) is 82.0 Å². The number of fused-ring (bicyclic) bond motifs is 1. The number of carbonyl (C=O) groups is 2. The normalized spacial score (nSPS) is 17.6. The first-order valence-corrected chi connectivity index (χ1v) is 14.9. The number of nitrogens with zero attached hydrogens (tertiary/aromatic N) is 5. The molecule has 2 aliphatic rings. The number of carbonyl (C=O) groups excluding carboxylic acids is 2. The molecule has 0 bridgehead atoms. The summed E-state index contributed by atoms with van der Waals surface area (Å²) in [4.78, 5) is 35.9. The SMILES string of the molecule is Cc1ccc2c(C3(C(N)=O)CC3)cccc2c1Oc1nnccc1-c1ccnc(N[C@H]2CCCN(C(=O)OC(C)(C)C)C2)n1. The van der Waals surface area contributed by atoms with Gasteiger partial charge in [-0.15, -0.1) is 5.10 Å². The zero-order chi connectivity index (χ0) is 31.1. The lowest BCUT2D eigenvalue weighted by molar-refractivity contribution is -0.120. The molecule has 2 amide bonds. The minimum absolute atomic E-state index is 0.0273. The van der Waals surface area contributed by atoms with Gasteiger partial charge in [0, 0.05) is 30.7 Å². The van der Waals surface area contributed by atoms with Crippen molar-refractivity contribution < 1.29 is 19.1 Å². The zero-order valence-electron chi connectivity index (χ0n) is 25.5. The van der Waals surface area contributed by atoms with Crippen LogP contribution < -0.4 is 15.8 Å². The van der Waals surface area contributed by atoms with E-state index in [1.165, 1.54) is 0 Å². The molecule has 4 aromatic rings. The van der Waals surface area contributed by atoms with Crippen molar-refractivity contribution in [2.75, 3.05) is 18.4 Å². The Morgan fingerprint density at radius 1 is 1.07 bits per heavy atom. The van der Waals surface area contributed by atoms with E-state index in [1.807, 2.05) is 58.0 Å². The van der Waals surface area contributed by atoms with Crippen LogP contribution in [0.5, 0.6) is 11.6 Å². The predicted octanol–water partition coefficient (Wildman–Crippen LogP) is 5.52. The molecule has 3 heterocycles. The summed E-state index contributed by atoms with van der Waals surface area (Å²) in [6.07, 6.45) is 6.15. The molecule has 228 valence electrons. The summed E-state index contributed by atoms with van der Waals surface area (Å²) < 4.78 is 12.1. The van der Waals surface area contributed by atoms with E-state index in [2.05, 4.69) is 20.5 Å². The van der Waals surface area contributed by atoms with E-state index in [0.717, 1.165) is 47.6 Å². The first kappa shape index (κ1) is 29.3. The number of anilines is 1. The van der Waals surface area contributed by atoms with Crippen LogP contribution in [0.15, 0.2) is 54.9 Å². The van der Waals surface area contributed by atoms with Crippen molar-refractivity contribution in [1.29, 1.82) is 0 Å². The molecule has 11 heteroatoms. The minimum atomic E-state index is -0.629. The molecular formula is C33H37N7O4. The van der Waals surface area contributed by atoms with Gasteiger partial charge in [-0.3, -0.25) is 4.79 Å². The average Bonchev–Trinajstić information content (AvgIpc) is 3.80. The van der Waals surface area contributed by atoms with Crippen LogP contribution in [-0.4, -0.2) is 61.8 Å². The van der Waals surface area contributed by atoms with Gasteiger partial charge in [0.25, 0.3) is 0 Å². The summed E-state index contributed by atoms with van der Waals surface area (Å²) in [6.45, 7) is 8.70. The Balaban J connectivity index is 1.26. The molecule has 3 N–H and O–H groups in total. The highest BCUT2D eigenvalue weighted by Gasteiger charge is 2.50. The van der Waals surface area contributed by atoms with Crippen molar-refractivity contribution in [2.24, 2.45) is 5.73 Å². The quantitative estimate of drug-likeness (QED) is 0.282. The summed E-state index contributed by atoms with van der Waals surface area (Å²) in [5, 5.41) is 13.6. The number of rotatable bonds is 7. The fourth-order valence-electron chi connectivity index (χ4n) is 5.80. The largest absolute Gasteiger partial charge is 0.444 e. The highest BCUT2D eigenvalue weighted by molar-refractivity contribution is 5.99. The lowest BCUT2D eigenvalue weighted by Crippen LogP contribution is -2.47. The monoisotopic (exact) mass is 595 g/mol. The Morgan fingerprint density at radius 2 is 1.89 bits per heavy atom. The number of aromatic nitrogens is 4. The molecule has 2 fully saturated rings. The number of hydrogen-bond acceptors (Lipinski definition) is 9. The van der Waals surface area contributed by atoms with Gasteiger partial charge in [-0.25, -0.2) is 14.8 Å². The third-order valence-corrected chi connectivity index (χ3v) is 8.17. The van der Waals surface area contributed by atoms with Crippen molar-refractivity contribution in [3.8, 4) is 22.9 Å². The van der Waals surface area contributed by atoms with Gasteiger partial charge in [0.1, 0.15) is 11.4 Å². The predicted molar refractivity (Wildman–Crippen MR) is 166 cm³/mol. The van der Waals surface area contributed by atoms with Gasteiger partial charge in [0.2, 0.25) is 17.7 Å². The summed E-state index contributed by atoms with van der Waals surface area (Å²) in [7, 11) is 0. The Bertz CT molecular complexity index is 1730. The van der Waals surface area contributed by atoms with Crippen LogP contribution in [0, 0.1) is 6.92 Å². The average molecular weight is 596 g/mol. The summed E-state index contributed by atoms with van der Waals surface area (Å²) in [6, 6.07) is 13.4. The van der Waals surface area contributed by atoms with Crippen LogP contribution >= 0.6 is 0 Å². The molecule has 44 heavy (non-hydrogen) atoms. The van der Waals surface area contributed by atoms with E-state index in [4.69, 9.17) is 20.2 Å². The molecule has 1 aliphatic heterocycles. The number of primary amides is 1. The molecule has 0 radical (unpaired) electrons. The van der Waals surface area contributed by atoms with E-state index < -0.39 is 11.0 Å². The molecular weight excluding hydrogens is 558 g/mol. The van der Waals surface area contributed by atoms with Gasteiger partial charge in [-0.2, -0.15) is 5.10 Å². The standard InChI is InChI=1S/C33H37N7O4/c1-20-10-11-22-23(8-5-9-25(22)33(14-15-33)29(34)41)27(20)43-28-24(12-17-36-39-28)26-13-16-35-30(38-26)37-21-7-6-18-40(19-21)31(42)44-32(2,3)4/h5,8-13,16-17,21H,6-7,14-15,18-19H2,1-4H3,(H2,34,41)(H,35,37,38)/t21-/m0/s1. The van der Waals surface area contributed by atoms with E-state index >= 15 is 0 Å². The zero-order valence-corrected chi connectivity index (χ0v) is 25.5. The van der Waals surface area contributed by atoms with Gasteiger partial charge in [0.05, 0.1) is 22.9 Å². The van der Waals surface area contributed by atoms with Crippen molar-refractivity contribution >= 4 is 28.7 Å². The fourth-order valence-corrected chi connectivity index (χ4v) is 5.80. The molecule has 0 spiro atoms. The molecule has 2 aromatic carbocycles. The van der Waals surface area contributed by atoms with Gasteiger partial charge < -0.3 is 25.4 Å². The van der Waals surface area contributed by atoms with Gasteiger partial charge in [-0.1, -0.05) is 30.3 Å². The van der Waals surface area contributed by atoms with E-state index in [-0.39, 0.29) is 18.0 Å². The molecule has 2 aromatic heterocycles. The van der Waals surface area contributed by atoms with Gasteiger partial charge in [0.15, 0.2) is 0 Å². The Kier molecular flexibility index (Phi) is 7.56. The Morgan fingerprint density at radius 3 is 2.64 bits per heavy atom. The lowest BCUT2D eigenvalue weighted by atomic mass is 9.89. The first-order valence-electron chi connectivity index (χ1n) is 14.9. The Hall–Kier alpha value is -4.80. The lowest BCUT2D eigenvalue weighted by Gasteiger charge is -2.34. The number of amides is 2. The van der Waals surface area contributed by atoms with Crippen LogP contribution in [0.4, 0.5) is 10.7 Å². The second-order valence-electron chi connectivity index (χ2n) is 12.6. The number of benzene rings is 2. The summed E-state index contributed by atoms with van der Waals surface area (Å²) in [5.74, 6) is 1.06. The molecule has 1 atom stereocenters. The fraction of sp³-hybridized carbons (Fsp3) is 0.394. The van der Waals surface area contributed by atoms with Crippen LogP contribution in [0.3, 0.4) is 0 Å². The van der Waals surface area contributed by atoms with Crippen molar-refractivity contribution in [3.05, 3.63) is 66.0 Å². The Labute approximate surface area is 256 Å². The smallest absolute Gasteiger partial charge is 0.410 e. The third kappa shape index (κ3) is 5.86. The van der Waals surface area contributed by atoms with Crippen molar-refractivity contribution in [3.63, 3.8) is 0 Å². The maximum Gasteiger partial charge on any atom is 0.410 e. The van der Waals surface area contributed by atoms with E-state index in [0.29, 0.717) is 41.9 Å². The number of aryl methyl sites for hydroxylation is 1. The number of nitrogens with one attached hydrogen (secondary N) is 1. The maximum atomic E-state index is 12.6. The maximum absolute atomic E-state index is 12.6. The number of hydrogen-bond donors (Lipinski definition) is 2. The van der Waals surface area contributed by atoms with Crippen LogP contribution in [0.2, 0.25) is 0 Å². The van der Waals surface area contributed by atoms with Gasteiger partial charge >= 0.3 is 6.09 Å². The highest BCUT2D eigenvalue weighted by Crippen LogP contribution is 2.51. The minimum Gasteiger partial charge on any atom is -0.444 e. The van der Waals surface area contributed by atoms with Crippen LogP contribution in [0.25, 0.3) is 22.0 Å². The molecule has 11 nitrogen and oxygen atoms in total. The summed E-state index contributed by atoms with van der Waals surface area (Å²) in [5.41, 5.74) is 7.72. The first-order chi connectivity index (χ1) is 21.0. The number of piperidine rings is 1. The topological polar surface area (TPSA) is 145 Å². The van der Waals surface area contributed by atoms with Crippen molar-refractivity contribution in [2.45, 2.75) is 70.4 Å². The van der Waals surface area contributed by atoms with E-state index in [9.17, 15) is 9.59 Å². The molecule has 1 saturated heterocycles. The number of ether oxygens (including phenoxy) is 2. The van der Waals surface area contributed by atoms with Crippen LogP contribution in [0.1, 0.15) is 57.6 Å². The summed E-state index contributed by atoms with van der Waals surface area (Å²) >= 11 is 0. The van der Waals surface area contributed by atoms with Crippen molar-refractivity contribution in [1.82, 2.24) is 25.1 Å². The second-order valence-corrected chi connectivity index (χ2v) is 12.6. The van der Waals surface area contributed by atoms with Crippen LogP contribution in [-0.2, 0) is 14.9 Å². The third-order valence-electron chi connectivity index (χ3n) is 8.17. The molecule has 6 rings (SSSR count). The molecule has 1 saturated carbocycles. The number of nitrogens with two attached hydrogens (primary N) is 1. The van der Waals surface area contributed by atoms with E-state index in [1.54, 1.807) is 29.4 Å².